The molecule has 0 aliphatic rings. The topological polar surface area (TPSA) is 51.1 Å². The summed E-state index contributed by atoms with van der Waals surface area (Å²) in [6, 6.07) is 8.26. The van der Waals surface area contributed by atoms with Gasteiger partial charge in [0, 0.05) is 16.9 Å². The van der Waals surface area contributed by atoms with Gasteiger partial charge in [0.1, 0.15) is 6.04 Å². The normalized spacial score (nSPS) is 11.9. The smallest absolute Gasteiger partial charge is 0.247 e. The van der Waals surface area contributed by atoms with E-state index >= 15 is 0 Å². The number of carbonyl (C=O) groups is 2. The molecule has 0 aliphatic heterocycles. The predicted molar refractivity (Wildman–Crippen MR) is 79.3 cm³/mol. The van der Waals surface area contributed by atoms with Crippen molar-refractivity contribution in [2.24, 2.45) is 0 Å². The summed E-state index contributed by atoms with van der Waals surface area (Å²) in [5, 5.41) is 3.43. The molecule has 0 bridgehead atoms. The molecule has 1 aromatic heterocycles. The van der Waals surface area contributed by atoms with Crippen molar-refractivity contribution in [1.29, 1.82) is 0 Å². The highest BCUT2D eigenvalue weighted by Gasteiger charge is 2.17. The van der Waals surface area contributed by atoms with Gasteiger partial charge >= 0.3 is 0 Å². The van der Waals surface area contributed by atoms with Crippen LogP contribution in [0.1, 0.15) is 29.0 Å². The Balaban J connectivity index is 2.20. The Bertz CT molecular complexity index is 649. The first-order valence-corrected chi connectivity index (χ1v) is 6.60. The Hall–Kier alpha value is -2.07. The van der Waals surface area contributed by atoms with E-state index in [2.05, 4.69) is 5.32 Å². The summed E-state index contributed by atoms with van der Waals surface area (Å²) in [4.78, 5) is 23.2. The third kappa shape index (κ3) is 2.75. The van der Waals surface area contributed by atoms with Gasteiger partial charge in [-0.15, -0.1) is 0 Å². The first-order chi connectivity index (χ1) is 9.54. The number of hydrogen-bond acceptors (Lipinski definition) is 2. The van der Waals surface area contributed by atoms with E-state index in [1.165, 1.54) is 0 Å². The maximum Gasteiger partial charge on any atom is 0.247 e. The number of aromatic nitrogens is 1. The van der Waals surface area contributed by atoms with E-state index in [1.807, 2.05) is 6.92 Å². The van der Waals surface area contributed by atoms with Crippen molar-refractivity contribution in [3.05, 3.63) is 52.8 Å². The lowest BCUT2D eigenvalue weighted by Crippen LogP contribution is -2.24. The zero-order valence-electron chi connectivity index (χ0n) is 11.3. The summed E-state index contributed by atoms with van der Waals surface area (Å²) >= 11 is 6.02. The fraction of sp³-hybridized carbons (Fsp3) is 0.200. The first kappa shape index (κ1) is 14.3. The Morgan fingerprint density at radius 3 is 2.80 bits per heavy atom. The molecule has 0 saturated carbocycles. The lowest BCUT2D eigenvalue weighted by atomic mass is 10.2. The third-order valence-electron chi connectivity index (χ3n) is 3.25. The van der Waals surface area contributed by atoms with Crippen molar-refractivity contribution < 1.29 is 9.59 Å². The average Bonchev–Trinajstić information content (AvgIpc) is 2.91. The number of nitrogens with zero attached hydrogens (tertiary/aromatic N) is 1. The molecule has 1 heterocycles. The molecule has 2 rings (SSSR count). The first-order valence-electron chi connectivity index (χ1n) is 6.22. The van der Waals surface area contributed by atoms with Crippen molar-refractivity contribution in [2.45, 2.75) is 19.9 Å². The number of anilines is 1. The van der Waals surface area contributed by atoms with E-state index in [0.29, 0.717) is 16.4 Å². The van der Waals surface area contributed by atoms with Gasteiger partial charge in [-0.2, -0.15) is 0 Å². The molecule has 1 N–H and O–H groups in total. The molecule has 0 aliphatic carbocycles. The zero-order chi connectivity index (χ0) is 14.7. The molecule has 0 spiro atoms. The van der Waals surface area contributed by atoms with E-state index in [9.17, 15) is 9.59 Å². The van der Waals surface area contributed by atoms with Gasteiger partial charge in [-0.3, -0.25) is 9.59 Å². The van der Waals surface area contributed by atoms with Crippen molar-refractivity contribution >= 4 is 29.5 Å². The van der Waals surface area contributed by atoms with Crippen molar-refractivity contribution in [3.8, 4) is 0 Å². The van der Waals surface area contributed by atoms with Crippen LogP contribution in [0.5, 0.6) is 0 Å². The van der Waals surface area contributed by atoms with Crippen LogP contribution in [-0.4, -0.2) is 16.8 Å². The lowest BCUT2D eigenvalue weighted by Gasteiger charge is -2.16. The molecule has 104 valence electrons. The standard InChI is InChI=1S/C15H15ClN2O2/c1-10-13(16)6-3-7-14(10)17-15(20)11(2)18-8-4-5-12(18)9-19/h3-9,11H,1-2H3,(H,17,20). The Morgan fingerprint density at radius 2 is 2.10 bits per heavy atom. The zero-order valence-corrected chi connectivity index (χ0v) is 12.0. The largest absolute Gasteiger partial charge is 0.333 e. The number of amides is 1. The number of hydrogen-bond donors (Lipinski definition) is 1. The molecule has 0 radical (unpaired) electrons. The van der Waals surface area contributed by atoms with Crippen LogP contribution in [-0.2, 0) is 4.79 Å². The summed E-state index contributed by atoms with van der Waals surface area (Å²) in [7, 11) is 0. The molecule has 0 saturated heterocycles. The highest BCUT2D eigenvalue weighted by atomic mass is 35.5. The minimum Gasteiger partial charge on any atom is -0.333 e. The van der Waals surface area contributed by atoms with Crippen LogP contribution in [0.25, 0.3) is 0 Å². The van der Waals surface area contributed by atoms with E-state index < -0.39 is 6.04 Å². The van der Waals surface area contributed by atoms with Crippen LogP contribution in [0.4, 0.5) is 5.69 Å². The monoisotopic (exact) mass is 290 g/mol. The molecule has 2 aromatic rings. The van der Waals surface area contributed by atoms with E-state index in [-0.39, 0.29) is 5.91 Å². The number of aldehydes is 1. The summed E-state index contributed by atoms with van der Waals surface area (Å²) in [5.74, 6) is -0.199. The molecule has 1 aromatic carbocycles. The Morgan fingerprint density at radius 1 is 1.35 bits per heavy atom. The molecule has 20 heavy (non-hydrogen) atoms. The highest BCUT2D eigenvalue weighted by Crippen LogP contribution is 2.24. The van der Waals surface area contributed by atoms with Crippen LogP contribution >= 0.6 is 11.6 Å². The fourth-order valence-electron chi connectivity index (χ4n) is 1.97. The quantitative estimate of drug-likeness (QED) is 0.877. The van der Waals surface area contributed by atoms with Crippen molar-refractivity contribution in [1.82, 2.24) is 4.57 Å². The molecule has 1 unspecified atom stereocenters. The number of nitrogens with one attached hydrogen (secondary N) is 1. The molecule has 1 atom stereocenters. The molecular weight excluding hydrogens is 276 g/mol. The van der Waals surface area contributed by atoms with E-state index in [4.69, 9.17) is 11.6 Å². The number of benzene rings is 1. The Labute approximate surface area is 122 Å². The van der Waals surface area contributed by atoms with E-state index in [1.54, 1.807) is 48.0 Å². The van der Waals surface area contributed by atoms with Crippen molar-refractivity contribution in [3.63, 3.8) is 0 Å². The SMILES string of the molecule is Cc1c(Cl)cccc1NC(=O)C(C)n1cccc1C=O. The number of halogens is 1. The van der Waals surface area contributed by atoms with Gasteiger partial charge < -0.3 is 9.88 Å². The number of carbonyl (C=O) groups excluding carboxylic acids is 2. The van der Waals surface area contributed by atoms with Crippen LogP contribution in [0.2, 0.25) is 5.02 Å². The van der Waals surface area contributed by atoms with Crippen LogP contribution in [0.3, 0.4) is 0 Å². The summed E-state index contributed by atoms with van der Waals surface area (Å²) in [6.45, 7) is 3.58. The van der Waals surface area contributed by atoms with E-state index in [0.717, 1.165) is 11.8 Å². The second kappa shape index (κ2) is 5.92. The minimum atomic E-state index is -0.483. The summed E-state index contributed by atoms with van der Waals surface area (Å²) < 4.78 is 1.63. The van der Waals surface area contributed by atoms with Crippen LogP contribution < -0.4 is 5.32 Å². The minimum absolute atomic E-state index is 0.199. The van der Waals surface area contributed by atoms with Gasteiger partial charge in [0.15, 0.2) is 6.29 Å². The van der Waals surface area contributed by atoms with Gasteiger partial charge in [0.05, 0.1) is 5.69 Å². The predicted octanol–water partition coefficient (Wildman–Crippen LogP) is 3.46. The second-order valence-corrected chi connectivity index (χ2v) is 4.94. The van der Waals surface area contributed by atoms with Gasteiger partial charge in [0.25, 0.3) is 0 Å². The molecule has 0 fully saturated rings. The molecule has 4 nitrogen and oxygen atoms in total. The summed E-state index contributed by atoms with van der Waals surface area (Å²) in [5.41, 5.74) is 1.96. The third-order valence-corrected chi connectivity index (χ3v) is 3.66. The number of rotatable bonds is 4. The second-order valence-electron chi connectivity index (χ2n) is 4.54. The highest BCUT2D eigenvalue weighted by molar-refractivity contribution is 6.31. The van der Waals surface area contributed by atoms with Gasteiger partial charge in [-0.25, -0.2) is 0 Å². The van der Waals surface area contributed by atoms with Crippen LogP contribution in [0.15, 0.2) is 36.5 Å². The van der Waals surface area contributed by atoms with Gasteiger partial charge in [-0.05, 0) is 43.7 Å². The average molecular weight is 291 g/mol. The molecule has 1 amide bonds. The fourth-order valence-corrected chi connectivity index (χ4v) is 2.14. The molecule has 5 heteroatoms. The molecular formula is C15H15ClN2O2. The van der Waals surface area contributed by atoms with Gasteiger partial charge in [0.2, 0.25) is 5.91 Å². The maximum atomic E-state index is 12.3. The van der Waals surface area contributed by atoms with Gasteiger partial charge in [-0.1, -0.05) is 17.7 Å². The Kier molecular flexibility index (Phi) is 4.25. The van der Waals surface area contributed by atoms with Crippen molar-refractivity contribution in [2.75, 3.05) is 5.32 Å². The van der Waals surface area contributed by atoms with Crippen LogP contribution in [0, 0.1) is 6.92 Å². The summed E-state index contributed by atoms with van der Waals surface area (Å²) in [6.07, 6.45) is 2.44. The lowest BCUT2D eigenvalue weighted by molar-refractivity contribution is -0.118. The maximum absolute atomic E-state index is 12.3.